The normalized spacial score (nSPS) is 15.5. The van der Waals surface area contributed by atoms with E-state index in [1.165, 1.54) is 0 Å². The Kier molecular flexibility index (Phi) is 6.45. The summed E-state index contributed by atoms with van der Waals surface area (Å²) in [6.45, 7) is 8.29. The monoisotopic (exact) mass is 475 g/mol. The van der Waals surface area contributed by atoms with Crippen molar-refractivity contribution in [3.05, 3.63) is 48.7 Å². The van der Waals surface area contributed by atoms with Gasteiger partial charge in [0.25, 0.3) is 5.88 Å². The average molecular weight is 476 g/mol. The molecule has 0 saturated heterocycles. The van der Waals surface area contributed by atoms with Crippen LogP contribution in [0.1, 0.15) is 32.3 Å². The fraction of sp³-hybridized carbons (Fsp3) is 0.400. The molecule has 0 aromatic carbocycles. The minimum absolute atomic E-state index is 0.229. The Morgan fingerprint density at radius 1 is 1.06 bits per heavy atom. The highest BCUT2D eigenvalue weighted by molar-refractivity contribution is 5.80. The van der Waals surface area contributed by atoms with Crippen LogP contribution in [-0.2, 0) is 6.54 Å². The zero-order valence-corrected chi connectivity index (χ0v) is 20.0. The molecular weight excluding hydrogens is 446 g/mol. The summed E-state index contributed by atoms with van der Waals surface area (Å²) >= 11 is 0. The molecule has 3 atom stereocenters. The lowest BCUT2D eigenvalue weighted by Crippen LogP contribution is -2.21. The lowest BCUT2D eigenvalue weighted by Gasteiger charge is -2.26. The Balaban J connectivity index is 1.28. The smallest absolute Gasteiger partial charge is 0.257 e. The molecule has 4 aromatic rings. The number of aromatic nitrogens is 6. The molecule has 0 bridgehead atoms. The van der Waals surface area contributed by atoms with Crippen molar-refractivity contribution in [3.8, 4) is 22.9 Å². The van der Waals surface area contributed by atoms with E-state index >= 15 is 0 Å². The summed E-state index contributed by atoms with van der Waals surface area (Å²) in [6, 6.07) is 5.93. The summed E-state index contributed by atoms with van der Waals surface area (Å²) in [7, 11) is 0. The largest absolute Gasteiger partial charge is 0.484 e. The standard InChI is InChI=1S/C25H29N7O3/c1-15(17(3)20-4-5-26-25-23(20)34-6-7-35-25)10-27-22-9-21(29-14-30-22)18-8-19-12-31-32(13-16(2)33)24(19)28-11-18/h4-5,8-9,11-12,14-17,33H,6-7,10,13H2,1-3H3,(H,27,29,30)/t15?,16-,17+/m0/s1. The third-order valence-corrected chi connectivity index (χ3v) is 6.30. The molecule has 0 amide bonds. The van der Waals surface area contributed by atoms with Gasteiger partial charge in [0, 0.05) is 41.5 Å². The van der Waals surface area contributed by atoms with Crippen LogP contribution in [0.2, 0.25) is 0 Å². The molecule has 0 aliphatic carbocycles. The number of hydrogen-bond donors (Lipinski definition) is 2. The molecule has 0 saturated carbocycles. The molecule has 2 N–H and O–H groups in total. The van der Waals surface area contributed by atoms with E-state index in [0.29, 0.717) is 31.6 Å². The highest BCUT2D eigenvalue weighted by Crippen LogP contribution is 2.38. The summed E-state index contributed by atoms with van der Waals surface area (Å²) < 4.78 is 13.2. The second-order valence-electron chi connectivity index (χ2n) is 8.98. The van der Waals surface area contributed by atoms with Crippen molar-refractivity contribution in [2.24, 2.45) is 5.92 Å². The van der Waals surface area contributed by atoms with Crippen LogP contribution >= 0.6 is 0 Å². The van der Waals surface area contributed by atoms with E-state index in [2.05, 4.69) is 44.2 Å². The Hall–Kier alpha value is -3.79. The van der Waals surface area contributed by atoms with E-state index in [-0.39, 0.29) is 5.92 Å². The SMILES string of the molecule is CC(CNc1cc(-c2cnc3c(cnn3C[C@H](C)O)c2)ncn1)[C@@H](C)c1ccnc2c1OCCO2. The summed E-state index contributed by atoms with van der Waals surface area (Å²) in [6.07, 6.45) is 6.36. The molecule has 182 valence electrons. The number of ether oxygens (including phenoxy) is 2. The number of pyridine rings is 2. The van der Waals surface area contributed by atoms with Crippen molar-refractivity contribution in [3.63, 3.8) is 0 Å². The second-order valence-corrected chi connectivity index (χ2v) is 8.98. The van der Waals surface area contributed by atoms with Crippen LogP contribution in [0.4, 0.5) is 5.82 Å². The number of aliphatic hydroxyl groups is 1. The van der Waals surface area contributed by atoms with E-state index < -0.39 is 6.10 Å². The maximum absolute atomic E-state index is 9.66. The fourth-order valence-electron chi connectivity index (χ4n) is 4.19. The third-order valence-electron chi connectivity index (χ3n) is 6.30. The number of nitrogens with one attached hydrogen (secondary N) is 1. The first-order valence-corrected chi connectivity index (χ1v) is 11.8. The van der Waals surface area contributed by atoms with Gasteiger partial charge in [-0.3, -0.25) is 0 Å². The highest BCUT2D eigenvalue weighted by Gasteiger charge is 2.24. The van der Waals surface area contributed by atoms with Gasteiger partial charge in [0.2, 0.25) is 0 Å². The van der Waals surface area contributed by atoms with E-state index in [4.69, 9.17) is 9.47 Å². The van der Waals surface area contributed by atoms with E-state index in [0.717, 1.165) is 46.0 Å². The minimum Gasteiger partial charge on any atom is -0.484 e. The number of rotatable bonds is 8. The van der Waals surface area contributed by atoms with Gasteiger partial charge in [-0.05, 0) is 30.9 Å². The van der Waals surface area contributed by atoms with Crippen molar-refractivity contribution >= 4 is 16.9 Å². The van der Waals surface area contributed by atoms with Gasteiger partial charge in [0.15, 0.2) is 11.4 Å². The zero-order valence-electron chi connectivity index (χ0n) is 20.0. The molecule has 4 aromatic heterocycles. The summed E-state index contributed by atoms with van der Waals surface area (Å²) in [4.78, 5) is 17.7. The third kappa shape index (κ3) is 4.88. The molecular formula is C25H29N7O3. The predicted molar refractivity (Wildman–Crippen MR) is 132 cm³/mol. The topological polar surface area (TPSA) is 120 Å². The molecule has 0 radical (unpaired) electrons. The minimum atomic E-state index is -0.495. The first kappa shape index (κ1) is 23.0. The van der Waals surface area contributed by atoms with Crippen LogP contribution in [0, 0.1) is 5.92 Å². The maximum Gasteiger partial charge on any atom is 0.257 e. The van der Waals surface area contributed by atoms with Gasteiger partial charge in [0.05, 0.1) is 24.5 Å². The molecule has 35 heavy (non-hydrogen) atoms. The first-order valence-electron chi connectivity index (χ1n) is 11.8. The number of nitrogens with zero attached hydrogens (tertiary/aromatic N) is 6. The van der Waals surface area contributed by atoms with E-state index in [1.54, 1.807) is 36.5 Å². The number of anilines is 1. The van der Waals surface area contributed by atoms with E-state index in [9.17, 15) is 5.11 Å². The maximum atomic E-state index is 9.66. The summed E-state index contributed by atoms with van der Waals surface area (Å²) in [5, 5.41) is 18.3. The molecule has 1 aliphatic rings. The van der Waals surface area contributed by atoms with Gasteiger partial charge in [-0.25, -0.2) is 24.6 Å². The summed E-state index contributed by atoms with van der Waals surface area (Å²) in [5.41, 5.74) is 3.48. The van der Waals surface area contributed by atoms with Crippen molar-refractivity contribution in [2.75, 3.05) is 25.1 Å². The Morgan fingerprint density at radius 3 is 2.77 bits per heavy atom. The number of fused-ring (bicyclic) bond motifs is 2. The molecule has 5 heterocycles. The van der Waals surface area contributed by atoms with Crippen molar-refractivity contribution < 1.29 is 14.6 Å². The van der Waals surface area contributed by atoms with Crippen LogP contribution in [0.5, 0.6) is 11.6 Å². The van der Waals surface area contributed by atoms with Gasteiger partial charge in [-0.1, -0.05) is 13.8 Å². The molecule has 10 heteroatoms. The summed E-state index contributed by atoms with van der Waals surface area (Å²) in [5.74, 6) is 2.59. The Labute approximate surface area is 203 Å². The van der Waals surface area contributed by atoms with Gasteiger partial charge in [-0.2, -0.15) is 5.10 Å². The molecule has 5 rings (SSSR count). The molecule has 10 nitrogen and oxygen atoms in total. The first-order chi connectivity index (χ1) is 17.0. The quantitative estimate of drug-likeness (QED) is 0.395. The Bertz CT molecular complexity index is 1320. The van der Waals surface area contributed by atoms with Gasteiger partial charge < -0.3 is 19.9 Å². The van der Waals surface area contributed by atoms with E-state index in [1.807, 2.05) is 18.2 Å². The van der Waals surface area contributed by atoms with Gasteiger partial charge in [-0.15, -0.1) is 0 Å². The van der Waals surface area contributed by atoms with Crippen LogP contribution in [0.25, 0.3) is 22.3 Å². The molecule has 1 unspecified atom stereocenters. The van der Waals surface area contributed by atoms with Gasteiger partial charge >= 0.3 is 0 Å². The molecule has 1 aliphatic heterocycles. The lowest BCUT2D eigenvalue weighted by molar-refractivity contribution is 0.161. The molecule has 0 spiro atoms. The lowest BCUT2D eigenvalue weighted by atomic mass is 9.88. The highest BCUT2D eigenvalue weighted by atomic mass is 16.6. The van der Waals surface area contributed by atoms with Crippen LogP contribution < -0.4 is 14.8 Å². The molecule has 0 fully saturated rings. The second kappa shape index (κ2) is 9.83. The number of aliphatic hydroxyl groups excluding tert-OH is 1. The van der Waals surface area contributed by atoms with Crippen molar-refractivity contribution in [1.82, 2.24) is 29.7 Å². The Morgan fingerprint density at radius 2 is 1.91 bits per heavy atom. The van der Waals surface area contributed by atoms with Crippen LogP contribution in [-0.4, -0.2) is 60.7 Å². The van der Waals surface area contributed by atoms with Crippen LogP contribution in [0.15, 0.2) is 43.1 Å². The zero-order chi connectivity index (χ0) is 24.4. The predicted octanol–water partition coefficient (Wildman–Crippen LogP) is 3.29. The fourth-order valence-corrected chi connectivity index (χ4v) is 4.19. The average Bonchev–Trinajstić information content (AvgIpc) is 3.28. The number of hydrogen-bond acceptors (Lipinski definition) is 9. The van der Waals surface area contributed by atoms with Gasteiger partial charge in [0.1, 0.15) is 25.4 Å². The van der Waals surface area contributed by atoms with Crippen molar-refractivity contribution in [1.29, 1.82) is 0 Å². The van der Waals surface area contributed by atoms with Crippen LogP contribution in [0.3, 0.4) is 0 Å². The van der Waals surface area contributed by atoms with Crippen molar-refractivity contribution in [2.45, 2.75) is 39.3 Å².